The van der Waals surface area contributed by atoms with Crippen molar-refractivity contribution in [2.75, 3.05) is 38.6 Å². The molecule has 0 saturated carbocycles. The third-order valence-electron chi connectivity index (χ3n) is 3.04. The van der Waals surface area contributed by atoms with Crippen molar-refractivity contribution in [3.8, 4) is 0 Å². The third kappa shape index (κ3) is 7.19. The van der Waals surface area contributed by atoms with Crippen molar-refractivity contribution in [3.05, 3.63) is 29.8 Å². The van der Waals surface area contributed by atoms with E-state index in [-0.39, 0.29) is 0 Å². The number of benzene rings is 1. The van der Waals surface area contributed by atoms with Crippen molar-refractivity contribution in [1.29, 1.82) is 0 Å². The van der Waals surface area contributed by atoms with Gasteiger partial charge in [-0.05, 0) is 49.7 Å². The van der Waals surface area contributed by atoms with E-state index < -0.39 is 0 Å². The van der Waals surface area contributed by atoms with Gasteiger partial charge in [-0.2, -0.15) is 0 Å². The topological polar surface area (TPSA) is 27.3 Å². The predicted molar refractivity (Wildman–Crippen MR) is 84.8 cm³/mol. The van der Waals surface area contributed by atoms with E-state index in [1.54, 1.807) is 0 Å². The van der Waals surface area contributed by atoms with Crippen LogP contribution in [0.5, 0.6) is 0 Å². The maximum atomic E-state index is 3.48. The molecule has 3 heteroatoms. The first-order valence-corrected chi connectivity index (χ1v) is 7.27. The Morgan fingerprint density at radius 1 is 1.00 bits per heavy atom. The van der Waals surface area contributed by atoms with Crippen molar-refractivity contribution in [1.82, 2.24) is 10.6 Å². The standard InChI is InChI=1S/C16H29N3/c1-14(2)12-17-10-5-11-18-13-15-6-8-16(9-7-15)19(3)4/h6-9,14,17-18H,5,10-13H2,1-4H3. The lowest BCUT2D eigenvalue weighted by atomic mass is 10.2. The Kier molecular flexibility index (Phi) is 7.53. The average Bonchev–Trinajstić information content (AvgIpc) is 2.38. The zero-order valence-corrected chi connectivity index (χ0v) is 12.9. The predicted octanol–water partition coefficient (Wildman–Crippen LogP) is 2.48. The van der Waals surface area contributed by atoms with Gasteiger partial charge in [0.2, 0.25) is 0 Å². The number of nitrogens with zero attached hydrogens (tertiary/aromatic N) is 1. The summed E-state index contributed by atoms with van der Waals surface area (Å²) in [7, 11) is 4.13. The van der Waals surface area contributed by atoms with Gasteiger partial charge in [0.25, 0.3) is 0 Å². The normalized spacial score (nSPS) is 11.0. The molecule has 1 rings (SSSR count). The number of rotatable bonds is 9. The Bertz CT molecular complexity index is 330. The molecule has 1 aromatic carbocycles. The molecule has 0 aliphatic carbocycles. The minimum Gasteiger partial charge on any atom is -0.378 e. The van der Waals surface area contributed by atoms with Crippen LogP contribution in [0, 0.1) is 5.92 Å². The summed E-state index contributed by atoms with van der Waals surface area (Å²) in [6, 6.07) is 8.72. The molecule has 0 atom stereocenters. The third-order valence-corrected chi connectivity index (χ3v) is 3.04. The van der Waals surface area contributed by atoms with Gasteiger partial charge in [0.05, 0.1) is 0 Å². The molecule has 1 aromatic rings. The van der Waals surface area contributed by atoms with Crippen molar-refractivity contribution >= 4 is 5.69 Å². The van der Waals surface area contributed by atoms with Gasteiger partial charge in [-0.15, -0.1) is 0 Å². The monoisotopic (exact) mass is 263 g/mol. The molecule has 0 radical (unpaired) electrons. The second-order valence-electron chi connectivity index (χ2n) is 5.69. The summed E-state index contributed by atoms with van der Waals surface area (Å²) in [6.07, 6.45) is 1.18. The number of anilines is 1. The summed E-state index contributed by atoms with van der Waals surface area (Å²) in [5.41, 5.74) is 2.60. The maximum absolute atomic E-state index is 3.48. The Morgan fingerprint density at radius 3 is 2.21 bits per heavy atom. The number of nitrogens with one attached hydrogen (secondary N) is 2. The molecule has 0 aromatic heterocycles. The van der Waals surface area contributed by atoms with Gasteiger partial charge in [0, 0.05) is 26.3 Å². The van der Waals surface area contributed by atoms with Gasteiger partial charge in [0.15, 0.2) is 0 Å². The minimum absolute atomic E-state index is 0.739. The van der Waals surface area contributed by atoms with Crippen LogP contribution in [-0.4, -0.2) is 33.7 Å². The molecule has 108 valence electrons. The van der Waals surface area contributed by atoms with Crippen LogP contribution in [0.15, 0.2) is 24.3 Å². The molecule has 0 unspecified atom stereocenters. The van der Waals surface area contributed by atoms with Crippen LogP contribution in [0.2, 0.25) is 0 Å². The zero-order valence-electron chi connectivity index (χ0n) is 12.9. The average molecular weight is 263 g/mol. The van der Waals surface area contributed by atoms with Gasteiger partial charge < -0.3 is 15.5 Å². The van der Waals surface area contributed by atoms with Crippen LogP contribution in [0.4, 0.5) is 5.69 Å². The minimum atomic E-state index is 0.739. The molecular formula is C16H29N3. The molecule has 2 N–H and O–H groups in total. The van der Waals surface area contributed by atoms with Crippen molar-refractivity contribution < 1.29 is 0 Å². The number of hydrogen-bond acceptors (Lipinski definition) is 3. The Hall–Kier alpha value is -1.06. The zero-order chi connectivity index (χ0) is 14.1. The lowest BCUT2D eigenvalue weighted by Crippen LogP contribution is -2.24. The fourth-order valence-electron chi connectivity index (χ4n) is 1.87. The summed E-state index contributed by atoms with van der Waals surface area (Å²) in [6.45, 7) is 8.72. The molecule has 0 aliphatic rings. The molecule has 0 heterocycles. The first kappa shape index (κ1) is 16.0. The Balaban J connectivity index is 2.09. The molecule has 0 bridgehead atoms. The summed E-state index contributed by atoms with van der Waals surface area (Å²) >= 11 is 0. The van der Waals surface area contributed by atoms with Gasteiger partial charge in [-0.3, -0.25) is 0 Å². The molecule has 0 saturated heterocycles. The van der Waals surface area contributed by atoms with Crippen LogP contribution in [0.1, 0.15) is 25.8 Å². The maximum Gasteiger partial charge on any atom is 0.0361 e. The highest BCUT2D eigenvalue weighted by Gasteiger charge is 1.96. The first-order valence-electron chi connectivity index (χ1n) is 7.27. The van der Waals surface area contributed by atoms with Gasteiger partial charge >= 0.3 is 0 Å². The Labute approximate surface area is 118 Å². The van der Waals surface area contributed by atoms with Crippen LogP contribution >= 0.6 is 0 Å². The van der Waals surface area contributed by atoms with E-state index in [0.717, 1.165) is 32.1 Å². The lowest BCUT2D eigenvalue weighted by Gasteiger charge is -2.13. The van der Waals surface area contributed by atoms with Crippen molar-refractivity contribution in [3.63, 3.8) is 0 Å². The molecule has 0 amide bonds. The van der Waals surface area contributed by atoms with E-state index in [1.165, 1.54) is 17.7 Å². The molecule has 19 heavy (non-hydrogen) atoms. The second kappa shape index (κ2) is 8.94. The quantitative estimate of drug-likeness (QED) is 0.670. The highest BCUT2D eigenvalue weighted by atomic mass is 15.1. The second-order valence-corrected chi connectivity index (χ2v) is 5.69. The molecule has 3 nitrogen and oxygen atoms in total. The largest absolute Gasteiger partial charge is 0.378 e. The van der Waals surface area contributed by atoms with E-state index in [0.29, 0.717) is 0 Å². The van der Waals surface area contributed by atoms with E-state index >= 15 is 0 Å². The van der Waals surface area contributed by atoms with Gasteiger partial charge in [-0.1, -0.05) is 26.0 Å². The van der Waals surface area contributed by atoms with Crippen molar-refractivity contribution in [2.24, 2.45) is 5.92 Å². The van der Waals surface area contributed by atoms with Crippen LogP contribution < -0.4 is 15.5 Å². The molecular weight excluding hydrogens is 234 g/mol. The van der Waals surface area contributed by atoms with Crippen molar-refractivity contribution in [2.45, 2.75) is 26.8 Å². The summed E-state index contributed by atoms with van der Waals surface area (Å²) in [5, 5.41) is 6.94. The van der Waals surface area contributed by atoms with E-state index in [2.05, 4.69) is 67.7 Å². The van der Waals surface area contributed by atoms with Gasteiger partial charge in [0.1, 0.15) is 0 Å². The summed E-state index contributed by atoms with van der Waals surface area (Å²) < 4.78 is 0. The SMILES string of the molecule is CC(C)CNCCCNCc1ccc(N(C)C)cc1. The highest BCUT2D eigenvalue weighted by molar-refractivity contribution is 5.45. The fourth-order valence-corrected chi connectivity index (χ4v) is 1.87. The highest BCUT2D eigenvalue weighted by Crippen LogP contribution is 2.11. The molecule has 0 fully saturated rings. The van der Waals surface area contributed by atoms with E-state index in [9.17, 15) is 0 Å². The Morgan fingerprint density at radius 2 is 1.63 bits per heavy atom. The van der Waals surface area contributed by atoms with Crippen LogP contribution in [-0.2, 0) is 6.54 Å². The first-order chi connectivity index (χ1) is 9.09. The fraction of sp³-hybridized carbons (Fsp3) is 0.625. The lowest BCUT2D eigenvalue weighted by molar-refractivity contribution is 0.530. The van der Waals surface area contributed by atoms with E-state index in [1.807, 2.05) is 0 Å². The van der Waals surface area contributed by atoms with Gasteiger partial charge in [-0.25, -0.2) is 0 Å². The van der Waals surface area contributed by atoms with Crippen LogP contribution in [0.25, 0.3) is 0 Å². The smallest absolute Gasteiger partial charge is 0.0361 e. The van der Waals surface area contributed by atoms with Crippen LogP contribution in [0.3, 0.4) is 0 Å². The summed E-state index contributed by atoms with van der Waals surface area (Å²) in [4.78, 5) is 2.12. The number of hydrogen-bond donors (Lipinski definition) is 2. The molecule has 0 spiro atoms. The molecule has 0 aliphatic heterocycles. The van der Waals surface area contributed by atoms with E-state index in [4.69, 9.17) is 0 Å². The summed E-state index contributed by atoms with van der Waals surface area (Å²) in [5.74, 6) is 0.739.